The lowest BCUT2D eigenvalue weighted by atomic mass is 10.2. The predicted octanol–water partition coefficient (Wildman–Crippen LogP) is -4.86. The zero-order valence-corrected chi connectivity index (χ0v) is 43.2. The molecule has 6 aliphatic heterocycles. The molecule has 0 spiro atoms. The van der Waals surface area contributed by atoms with E-state index in [-0.39, 0.29) is 105 Å². The highest BCUT2D eigenvalue weighted by atomic mass is 16.5. The number of carbonyl (C=O) groups excluding carboxylic acids is 1. The van der Waals surface area contributed by atoms with Gasteiger partial charge in [-0.15, -0.1) is 0 Å². The van der Waals surface area contributed by atoms with Crippen molar-refractivity contribution in [2.75, 3.05) is 39.4 Å². The lowest BCUT2D eigenvalue weighted by molar-refractivity contribution is -0.143. The molecule has 0 fully saturated rings. The Morgan fingerprint density at radius 1 is 0.312 bits per heavy atom. The Morgan fingerprint density at radius 2 is 0.519 bits per heavy atom. The van der Waals surface area contributed by atoms with Crippen molar-refractivity contribution in [1.29, 1.82) is 0 Å². The van der Waals surface area contributed by atoms with Gasteiger partial charge in [0.1, 0.15) is 13.2 Å². The van der Waals surface area contributed by atoms with Gasteiger partial charge in [-0.1, -0.05) is 0 Å². The first-order valence-electron chi connectivity index (χ1n) is 26.6. The van der Waals surface area contributed by atoms with Crippen LogP contribution in [0.25, 0.3) is 0 Å². The lowest BCUT2D eigenvalue weighted by Gasteiger charge is -2.24. The van der Waals surface area contributed by atoms with Crippen LogP contribution in [0.4, 0.5) is 0 Å². The van der Waals surface area contributed by atoms with Crippen LogP contribution in [0.5, 0.6) is 0 Å². The third-order valence-corrected chi connectivity index (χ3v) is 14.3. The molecular weight excluding hydrogens is 1020 g/mol. The fourth-order valence-corrected chi connectivity index (χ4v) is 10.1. The van der Waals surface area contributed by atoms with Crippen molar-refractivity contribution in [3.8, 4) is 0 Å². The fourth-order valence-electron chi connectivity index (χ4n) is 10.1. The lowest BCUT2D eigenvalue weighted by Crippen LogP contribution is -2.56. The number of hydrogen-bond donors (Lipinski definition) is 2. The maximum Gasteiger partial charge on any atom is 0.336 e. The number of amides is 1. The zero-order valence-electron chi connectivity index (χ0n) is 43.2. The Labute approximate surface area is 435 Å². The van der Waals surface area contributed by atoms with E-state index in [1.165, 1.54) is 0 Å². The van der Waals surface area contributed by atoms with Crippen LogP contribution in [0.3, 0.4) is 0 Å². The Balaban J connectivity index is 0.000000233. The second-order valence-corrected chi connectivity index (χ2v) is 19.6. The topological polar surface area (TPSA) is 343 Å². The summed E-state index contributed by atoms with van der Waals surface area (Å²) in [6, 6.07) is 0. The van der Waals surface area contributed by atoms with E-state index in [0.29, 0.717) is 96.3 Å². The van der Waals surface area contributed by atoms with Gasteiger partial charge < -0.3 is 15.2 Å². The molecule has 0 saturated heterocycles. The molecule has 30 heteroatoms. The number of ether oxygens (including phenoxy) is 1. The van der Waals surface area contributed by atoms with Crippen LogP contribution < -0.4 is 73.6 Å². The molecule has 422 valence electrons. The second kappa shape index (κ2) is 26.5. The Kier molecular flexibility index (Phi) is 19.7. The first-order chi connectivity index (χ1) is 37.0. The first-order valence-corrected chi connectivity index (χ1v) is 26.6. The highest BCUT2D eigenvalue weighted by Crippen LogP contribution is 2.05. The van der Waals surface area contributed by atoms with Crippen molar-refractivity contribution in [2.24, 2.45) is 0 Å². The standard InChI is InChI=1S/C26H38N8O10.C21H30N6O6/c35-19(17-44-18-20(36)37)27-7-12-28-13-15-33-23(40)29-8-3-1-4-9-30-22(39)32(26(43)34(16-14-28)24(30)41)11-6-2-5-10-31(21(29)38)25(33)42;28-16-22-10-4-1-5-11-23-17(29)25-13-7-2-6-12-24(16)20(32)26(18(22)30)14-8-3-9-15-27(19(23)31)21(25)33/h1-18H2,(H,27,35)(H,36,37);1-15H2. The molecule has 4 aromatic rings. The summed E-state index contributed by atoms with van der Waals surface area (Å²) in [7, 11) is 0. The number of rotatable bonds is 7. The van der Waals surface area contributed by atoms with E-state index in [2.05, 4.69) is 5.32 Å². The smallest absolute Gasteiger partial charge is 0.336 e. The van der Waals surface area contributed by atoms with Gasteiger partial charge in [0.15, 0.2) is 0 Å². The van der Waals surface area contributed by atoms with Crippen LogP contribution in [0.1, 0.15) is 96.3 Å². The van der Waals surface area contributed by atoms with E-state index in [0.717, 1.165) is 54.8 Å². The van der Waals surface area contributed by atoms with E-state index in [9.17, 15) is 67.1 Å². The van der Waals surface area contributed by atoms with Crippen molar-refractivity contribution in [3.63, 3.8) is 0 Å². The summed E-state index contributed by atoms with van der Waals surface area (Å²) in [4.78, 5) is 182. The number of aromatic nitrogens is 12. The van der Waals surface area contributed by atoms with E-state index in [1.54, 1.807) is 4.90 Å². The Morgan fingerprint density at radius 3 is 0.727 bits per heavy atom. The summed E-state index contributed by atoms with van der Waals surface area (Å²) < 4.78 is 17.9. The fraction of sp³-hybridized carbons (Fsp3) is 0.702. The molecule has 2 N–H and O–H groups in total. The maximum atomic E-state index is 13.4. The number of nitrogens with one attached hydrogen (secondary N) is 1. The number of carboxylic acid groups (broad SMARTS) is 1. The minimum atomic E-state index is -1.22. The van der Waals surface area contributed by atoms with Gasteiger partial charge >= 0.3 is 74.2 Å². The molecule has 10 rings (SSSR count). The summed E-state index contributed by atoms with van der Waals surface area (Å²) >= 11 is 0. The number of nitrogens with zero attached hydrogens (tertiary/aromatic N) is 13. The molecular formula is C47H68N14O16. The predicted molar refractivity (Wildman–Crippen MR) is 274 cm³/mol. The van der Waals surface area contributed by atoms with Crippen molar-refractivity contribution >= 4 is 11.9 Å². The molecule has 0 atom stereocenters. The summed E-state index contributed by atoms with van der Waals surface area (Å²) in [5, 5.41) is 11.2. The maximum absolute atomic E-state index is 13.4. The molecule has 1 amide bonds. The van der Waals surface area contributed by atoms with Gasteiger partial charge in [0.05, 0.1) is 0 Å². The SMILES string of the molecule is O=C(O)COCC(=O)NCCN1CCn2c(=O)n3c(=O)n(c2=O)CCCCCn2c(=O)n(c(=O)n(c2=O)CC1)CCCCC3.O=c1n2c(=O)n3c(=O)n1CCCCCn1c(=O)n(c(=O)n(c1=O)CCCCC3)CCCCC2. The summed E-state index contributed by atoms with van der Waals surface area (Å²) in [6.07, 6.45) is 7.10. The molecule has 6 aliphatic rings. The van der Waals surface area contributed by atoms with Crippen LogP contribution in [0, 0.1) is 0 Å². The minimum absolute atomic E-state index is 0.0519. The van der Waals surface area contributed by atoms with Gasteiger partial charge in [-0.2, -0.15) is 0 Å². The highest BCUT2D eigenvalue weighted by Gasteiger charge is 2.22. The van der Waals surface area contributed by atoms with Gasteiger partial charge in [-0.05, 0) is 96.3 Å². The van der Waals surface area contributed by atoms with Crippen LogP contribution >= 0.6 is 0 Å². The molecule has 30 nitrogen and oxygen atoms in total. The van der Waals surface area contributed by atoms with Crippen LogP contribution in [0.15, 0.2) is 57.5 Å². The number of carbonyl (C=O) groups is 2. The van der Waals surface area contributed by atoms with Crippen molar-refractivity contribution in [3.05, 3.63) is 126 Å². The summed E-state index contributed by atoms with van der Waals surface area (Å²) in [6.45, 7) is 0.262. The van der Waals surface area contributed by atoms with Gasteiger partial charge in [-0.3, -0.25) is 9.69 Å². The third kappa shape index (κ3) is 13.4. The number of carboxylic acids is 1. The molecule has 12 bridgehead atoms. The molecule has 0 unspecified atom stereocenters. The number of hydrogen-bond acceptors (Lipinski definition) is 16. The summed E-state index contributed by atoms with van der Waals surface area (Å²) in [5.74, 6) is -1.78. The van der Waals surface area contributed by atoms with Gasteiger partial charge in [0.25, 0.3) is 0 Å². The van der Waals surface area contributed by atoms with Crippen LogP contribution in [-0.4, -0.2) is 116 Å². The number of fused-ring (bicyclic) bond motifs is 24. The van der Waals surface area contributed by atoms with Gasteiger partial charge in [-0.25, -0.2) is 117 Å². The molecule has 0 aliphatic carbocycles. The molecule has 0 radical (unpaired) electrons. The van der Waals surface area contributed by atoms with E-state index >= 15 is 0 Å². The van der Waals surface area contributed by atoms with Gasteiger partial charge in [0, 0.05) is 105 Å². The van der Waals surface area contributed by atoms with E-state index in [1.807, 2.05) is 0 Å². The Bertz CT molecular complexity index is 3050. The number of aliphatic carboxylic acids is 1. The van der Waals surface area contributed by atoms with Crippen LogP contribution in [-0.2, 0) is 92.9 Å². The minimum Gasteiger partial charge on any atom is -0.480 e. The normalized spacial score (nSPS) is 17.1. The summed E-state index contributed by atoms with van der Waals surface area (Å²) in [5.41, 5.74) is -7.81. The molecule has 10 heterocycles. The van der Waals surface area contributed by atoms with Crippen LogP contribution in [0.2, 0.25) is 0 Å². The molecule has 0 aromatic carbocycles. The van der Waals surface area contributed by atoms with Crippen molar-refractivity contribution < 1.29 is 19.4 Å². The first kappa shape index (κ1) is 57.2. The average Bonchev–Trinajstić information content (AvgIpc) is 3.38. The monoisotopic (exact) mass is 1080 g/mol. The second-order valence-electron chi connectivity index (χ2n) is 19.6. The van der Waals surface area contributed by atoms with Crippen molar-refractivity contribution in [1.82, 2.24) is 65.0 Å². The zero-order chi connectivity index (χ0) is 55.3. The highest BCUT2D eigenvalue weighted by molar-refractivity contribution is 5.77. The third-order valence-electron chi connectivity index (χ3n) is 14.3. The Hall–Kier alpha value is -7.50. The average molecular weight is 1090 g/mol. The van der Waals surface area contributed by atoms with E-state index in [4.69, 9.17) is 9.84 Å². The molecule has 4 aromatic heterocycles. The quantitative estimate of drug-likeness (QED) is 0.175. The van der Waals surface area contributed by atoms with Crippen molar-refractivity contribution in [2.45, 2.75) is 175 Å². The molecule has 0 saturated carbocycles. The van der Waals surface area contributed by atoms with Gasteiger partial charge in [0.2, 0.25) is 5.91 Å². The largest absolute Gasteiger partial charge is 0.480 e. The molecule has 77 heavy (non-hydrogen) atoms. The van der Waals surface area contributed by atoms with E-state index < -0.39 is 93.4 Å².